The van der Waals surface area contributed by atoms with Crippen LogP contribution >= 0.6 is 0 Å². The van der Waals surface area contributed by atoms with Crippen LogP contribution in [0.5, 0.6) is 0 Å². The number of nitrogens with one attached hydrogen (secondary N) is 1. The van der Waals surface area contributed by atoms with E-state index >= 15 is 0 Å². The molecule has 0 aliphatic rings. The summed E-state index contributed by atoms with van der Waals surface area (Å²) in [5.41, 5.74) is 2.21. The monoisotopic (exact) mass is 205 g/mol. The van der Waals surface area contributed by atoms with E-state index in [1.54, 1.807) is 0 Å². The highest BCUT2D eigenvalue weighted by molar-refractivity contribution is 5.90. The van der Waals surface area contributed by atoms with Crippen molar-refractivity contribution in [3.8, 4) is 0 Å². The molecule has 0 fully saturated rings. The molecular formula is C13H19NO. The molecule has 0 atom stereocenters. The summed E-state index contributed by atoms with van der Waals surface area (Å²) in [7, 11) is 0. The summed E-state index contributed by atoms with van der Waals surface area (Å²) in [6, 6.07) is 8.10. The summed E-state index contributed by atoms with van der Waals surface area (Å²) in [6.45, 7) is 4.04. The van der Waals surface area contributed by atoms with Gasteiger partial charge in [0.05, 0.1) is 0 Å². The Morgan fingerprint density at radius 2 is 2.13 bits per heavy atom. The molecule has 2 heteroatoms. The Morgan fingerprint density at radius 1 is 1.33 bits per heavy atom. The fraction of sp³-hybridized carbons (Fsp3) is 0.462. The molecule has 0 aliphatic heterocycles. The van der Waals surface area contributed by atoms with E-state index in [0.717, 1.165) is 12.1 Å². The first kappa shape index (κ1) is 11.8. The summed E-state index contributed by atoms with van der Waals surface area (Å²) in [6.07, 6.45) is 4.02. The van der Waals surface area contributed by atoms with Gasteiger partial charge in [0.15, 0.2) is 0 Å². The second-order valence-electron chi connectivity index (χ2n) is 3.71. The lowest BCUT2D eigenvalue weighted by atomic mass is 10.1. The minimum atomic E-state index is 0.0719. The minimum Gasteiger partial charge on any atom is -0.326 e. The number of hydrogen-bond acceptors (Lipinski definition) is 1. The first-order chi connectivity index (χ1) is 7.26. The first-order valence-corrected chi connectivity index (χ1v) is 5.65. The van der Waals surface area contributed by atoms with Gasteiger partial charge in [0, 0.05) is 12.1 Å². The van der Waals surface area contributed by atoms with Gasteiger partial charge in [-0.3, -0.25) is 4.79 Å². The standard InChI is InChI=1S/C13H19NO/c1-3-5-7-11-8-6-9-12(10-11)14-13(15)4-2/h6,8-10H,3-5,7H2,1-2H3,(H,14,15). The van der Waals surface area contributed by atoms with Crippen LogP contribution < -0.4 is 5.32 Å². The van der Waals surface area contributed by atoms with Crippen molar-refractivity contribution in [3.05, 3.63) is 29.8 Å². The molecule has 0 heterocycles. The summed E-state index contributed by atoms with van der Waals surface area (Å²) < 4.78 is 0. The number of amides is 1. The number of benzene rings is 1. The number of carbonyl (C=O) groups excluding carboxylic acids is 1. The SMILES string of the molecule is CCCCc1cccc(NC(=O)CC)c1. The van der Waals surface area contributed by atoms with Crippen molar-refractivity contribution in [1.82, 2.24) is 0 Å². The van der Waals surface area contributed by atoms with E-state index in [2.05, 4.69) is 24.4 Å². The predicted octanol–water partition coefficient (Wildman–Crippen LogP) is 3.38. The molecule has 0 spiro atoms. The number of unbranched alkanes of at least 4 members (excludes halogenated alkanes) is 1. The molecule has 0 saturated heterocycles. The Hall–Kier alpha value is -1.31. The van der Waals surface area contributed by atoms with E-state index in [1.165, 1.54) is 18.4 Å². The van der Waals surface area contributed by atoms with E-state index in [1.807, 2.05) is 19.1 Å². The molecule has 0 bridgehead atoms. The summed E-state index contributed by atoms with van der Waals surface area (Å²) in [5, 5.41) is 2.87. The van der Waals surface area contributed by atoms with Gasteiger partial charge in [-0.25, -0.2) is 0 Å². The van der Waals surface area contributed by atoms with Crippen molar-refractivity contribution in [2.24, 2.45) is 0 Å². The number of rotatable bonds is 5. The van der Waals surface area contributed by atoms with Crippen LogP contribution in [0.15, 0.2) is 24.3 Å². The quantitative estimate of drug-likeness (QED) is 0.784. The van der Waals surface area contributed by atoms with E-state index in [9.17, 15) is 4.79 Å². The Balaban J connectivity index is 2.61. The van der Waals surface area contributed by atoms with Gasteiger partial charge < -0.3 is 5.32 Å². The number of aryl methyl sites for hydroxylation is 1. The highest BCUT2D eigenvalue weighted by Crippen LogP contribution is 2.13. The predicted molar refractivity (Wildman–Crippen MR) is 64.0 cm³/mol. The molecule has 0 aromatic heterocycles. The topological polar surface area (TPSA) is 29.1 Å². The largest absolute Gasteiger partial charge is 0.326 e. The second-order valence-corrected chi connectivity index (χ2v) is 3.71. The molecule has 0 unspecified atom stereocenters. The number of anilines is 1. The van der Waals surface area contributed by atoms with Gasteiger partial charge in [0.2, 0.25) is 5.91 Å². The van der Waals surface area contributed by atoms with Crippen molar-refractivity contribution >= 4 is 11.6 Å². The van der Waals surface area contributed by atoms with Gasteiger partial charge in [-0.2, -0.15) is 0 Å². The average molecular weight is 205 g/mol. The van der Waals surface area contributed by atoms with Gasteiger partial charge >= 0.3 is 0 Å². The third kappa shape index (κ3) is 4.15. The number of carbonyl (C=O) groups is 1. The molecule has 1 aromatic carbocycles. The summed E-state index contributed by atoms with van der Waals surface area (Å²) >= 11 is 0. The Morgan fingerprint density at radius 3 is 2.80 bits per heavy atom. The number of hydrogen-bond donors (Lipinski definition) is 1. The maximum Gasteiger partial charge on any atom is 0.224 e. The van der Waals surface area contributed by atoms with Gasteiger partial charge in [-0.05, 0) is 30.5 Å². The van der Waals surface area contributed by atoms with Gasteiger partial charge in [-0.15, -0.1) is 0 Å². The smallest absolute Gasteiger partial charge is 0.224 e. The highest BCUT2D eigenvalue weighted by atomic mass is 16.1. The zero-order chi connectivity index (χ0) is 11.1. The van der Waals surface area contributed by atoms with Crippen LogP contribution in [0.1, 0.15) is 38.7 Å². The van der Waals surface area contributed by atoms with Crippen molar-refractivity contribution in [2.45, 2.75) is 39.5 Å². The normalized spacial score (nSPS) is 10.0. The van der Waals surface area contributed by atoms with Crippen molar-refractivity contribution in [2.75, 3.05) is 5.32 Å². The van der Waals surface area contributed by atoms with Crippen molar-refractivity contribution in [3.63, 3.8) is 0 Å². The molecule has 1 N–H and O–H groups in total. The van der Waals surface area contributed by atoms with E-state index in [4.69, 9.17) is 0 Å². The lowest BCUT2D eigenvalue weighted by molar-refractivity contribution is -0.115. The zero-order valence-corrected chi connectivity index (χ0v) is 9.55. The Labute approximate surface area is 91.7 Å². The molecule has 1 amide bonds. The molecule has 0 saturated carbocycles. The highest BCUT2D eigenvalue weighted by Gasteiger charge is 1.99. The minimum absolute atomic E-state index is 0.0719. The molecule has 1 aromatic rings. The van der Waals surface area contributed by atoms with Gasteiger partial charge in [-0.1, -0.05) is 32.4 Å². The molecule has 15 heavy (non-hydrogen) atoms. The summed E-state index contributed by atoms with van der Waals surface area (Å²) in [5.74, 6) is 0.0719. The van der Waals surface area contributed by atoms with E-state index in [0.29, 0.717) is 6.42 Å². The van der Waals surface area contributed by atoms with E-state index in [-0.39, 0.29) is 5.91 Å². The van der Waals surface area contributed by atoms with Crippen LogP contribution in [0, 0.1) is 0 Å². The maximum atomic E-state index is 11.2. The van der Waals surface area contributed by atoms with Crippen LogP contribution in [0.3, 0.4) is 0 Å². The van der Waals surface area contributed by atoms with Crippen LogP contribution in [0.4, 0.5) is 5.69 Å². The molecular weight excluding hydrogens is 186 g/mol. The van der Waals surface area contributed by atoms with Crippen LogP contribution in [0.2, 0.25) is 0 Å². The Kier molecular flexibility index (Phi) is 4.88. The maximum absolute atomic E-state index is 11.2. The Bertz CT molecular complexity index is 320. The third-order valence-corrected chi connectivity index (χ3v) is 2.35. The lowest BCUT2D eigenvalue weighted by Gasteiger charge is -2.05. The molecule has 82 valence electrons. The third-order valence-electron chi connectivity index (χ3n) is 2.35. The van der Waals surface area contributed by atoms with Crippen LogP contribution in [-0.4, -0.2) is 5.91 Å². The van der Waals surface area contributed by atoms with Crippen molar-refractivity contribution < 1.29 is 4.79 Å². The fourth-order valence-corrected chi connectivity index (χ4v) is 1.43. The van der Waals surface area contributed by atoms with Crippen LogP contribution in [0.25, 0.3) is 0 Å². The van der Waals surface area contributed by atoms with E-state index < -0.39 is 0 Å². The molecule has 1 rings (SSSR count). The van der Waals surface area contributed by atoms with Crippen LogP contribution in [-0.2, 0) is 11.2 Å². The van der Waals surface area contributed by atoms with Crippen molar-refractivity contribution in [1.29, 1.82) is 0 Å². The second kappa shape index (κ2) is 6.23. The average Bonchev–Trinajstić information content (AvgIpc) is 2.26. The lowest BCUT2D eigenvalue weighted by Crippen LogP contribution is -2.09. The van der Waals surface area contributed by atoms with Gasteiger partial charge in [0.25, 0.3) is 0 Å². The fourth-order valence-electron chi connectivity index (χ4n) is 1.43. The molecule has 0 radical (unpaired) electrons. The molecule has 0 aliphatic carbocycles. The van der Waals surface area contributed by atoms with Gasteiger partial charge in [0.1, 0.15) is 0 Å². The first-order valence-electron chi connectivity index (χ1n) is 5.65. The summed E-state index contributed by atoms with van der Waals surface area (Å²) in [4.78, 5) is 11.2. The zero-order valence-electron chi connectivity index (χ0n) is 9.55. The molecule has 2 nitrogen and oxygen atoms in total.